The summed E-state index contributed by atoms with van der Waals surface area (Å²) < 4.78 is 5.16. The molecule has 0 radical (unpaired) electrons. The maximum Gasteiger partial charge on any atom is 0.231 e. The third-order valence-corrected chi connectivity index (χ3v) is 3.03. The molecule has 2 unspecified atom stereocenters. The van der Waals surface area contributed by atoms with Gasteiger partial charge in [-0.2, -0.15) is 10.2 Å². The summed E-state index contributed by atoms with van der Waals surface area (Å²) in [5.41, 5.74) is 0.821. The molecular weight excluding hydrogens is 238 g/mol. The van der Waals surface area contributed by atoms with Crippen molar-refractivity contribution < 1.29 is 4.52 Å². The van der Waals surface area contributed by atoms with Crippen LogP contribution in [0.5, 0.6) is 0 Å². The van der Waals surface area contributed by atoms with Gasteiger partial charge in [-0.15, -0.1) is 0 Å². The van der Waals surface area contributed by atoms with Crippen LogP contribution in [0.15, 0.2) is 28.8 Å². The van der Waals surface area contributed by atoms with Crippen molar-refractivity contribution in [3.05, 3.63) is 35.2 Å². The van der Waals surface area contributed by atoms with Gasteiger partial charge in [-0.1, -0.05) is 28.9 Å². The fourth-order valence-corrected chi connectivity index (χ4v) is 1.93. The number of hydrogen-bond acceptors (Lipinski definition) is 4. The Morgan fingerprint density at radius 3 is 3.06 bits per heavy atom. The van der Waals surface area contributed by atoms with Crippen molar-refractivity contribution in [2.24, 2.45) is 5.92 Å². The van der Waals surface area contributed by atoms with E-state index in [1.165, 1.54) is 0 Å². The second kappa shape index (κ2) is 3.86. The lowest BCUT2D eigenvalue weighted by molar-refractivity contribution is 0.378. The molecule has 1 fully saturated rings. The van der Waals surface area contributed by atoms with Crippen LogP contribution < -0.4 is 0 Å². The quantitative estimate of drug-likeness (QED) is 0.816. The summed E-state index contributed by atoms with van der Waals surface area (Å²) in [6.07, 6.45) is 0.813. The fourth-order valence-electron chi connectivity index (χ4n) is 1.74. The number of rotatable bonds is 2. The molecular formula is C12H8ClN3O. The average Bonchev–Trinajstić information content (AvgIpc) is 2.97. The van der Waals surface area contributed by atoms with E-state index in [0.717, 1.165) is 12.0 Å². The smallest absolute Gasteiger partial charge is 0.231 e. The van der Waals surface area contributed by atoms with Crippen LogP contribution in [0.3, 0.4) is 0 Å². The van der Waals surface area contributed by atoms with E-state index in [1.54, 1.807) is 12.1 Å². The minimum absolute atomic E-state index is 0.0302. The van der Waals surface area contributed by atoms with Crippen LogP contribution >= 0.6 is 11.6 Å². The molecule has 1 aliphatic rings. The highest BCUT2D eigenvalue weighted by atomic mass is 35.5. The van der Waals surface area contributed by atoms with E-state index in [1.807, 2.05) is 12.1 Å². The van der Waals surface area contributed by atoms with Crippen molar-refractivity contribution in [2.75, 3.05) is 0 Å². The summed E-state index contributed by atoms with van der Waals surface area (Å²) in [5, 5.41) is 13.3. The summed E-state index contributed by atoms with van der Waals surface area (Å²) in [7, 11) is 0. The van der Waals surface area contributed by atoms with Crippen LogP contribution in [0.25, 0.3) is 11.4 Å². The van der Waals surface area contributed by atoms with Crippen LogP contribution in [0.2, 0.25) is 5.02 Å². The number of nitrogens with zero attached hydrogens (tertiary/aromatic N) is 3. The highest BCUT2D eigenvalue weighted by molar-refractivity contribution is 6.30. The van der Waals surface area contributed by atoms with E-state index < -0.39 is 0 Å². The Labute approximate surface area is 103 Å². The Bertz CT molecular complexity index is 602. The molecule has 1 aromatic heterocycles. The summed E-state index contributed by atoms with van der Waals surface area (Å²) in [4.78, 5) is 4.29. The summed E-state index contributed by atoms with van der Waals surface area (Å²) in [6.45, 7) is 0. The Morgan fingerprint density at radius 1 is 1.47 bits per heavy atom. The van der Waals surface area contributed by atoms with Gasteiger partial charge < -0.3 is 4.52 Å². The predicted octanol–water partition coefficient (Wildman–Crippen LogP) is 3.02. The van der Waals surface area contributed by atoms with Gasteiger partial charge in [-0.25, -0.2) is 0 Å². The molecule has 5 heteroatoms. The van der Waals surface area contributed by atoms with Crippen molar-refractivity contribution in [3.8, 4) is 17.5 Å². The molecule has 0 bridgehead atoms. The van der Waals surface area contributed by atoms with Gasteiger partial charge in [0.05, 0.1) is 17.9 Å². The van der Waals surface area contributed by atoms with Crippen molar-refractivity contribution in [3.63, 3.8) is 0 Å². The van der Waals surface area contributed by atoms with Crippen molar-refractivity contribution in [1.82, 2.24) is 10.1 Å². The molecule has 1 heterocycles. The Hall–Kier alpha value is -1.86. The zero-order chi connectivity index (χ0) is 11.8. The standard InChI is InChI=1S/C12H8ClN3O/c13-9-3-1-2-7(4-9)11-15-12(17-16-11)10-5-8(10)6-14/h1-4,8,10H,5H2. The first-order valence-corrected chi connectivity index (χ1v) is 5.65. The third kappa shape index (κ3) is 1.90. The molecule has 0 spiro atoms. The van der Waals surface area contributed by atoms with E-state index in [0.29, 0.717) is 16.7 Å². The molecule has 2 aromatic rings. The van der Waals surface area contributed by atoms with Crippen LogP contribution in [-0.2, 0) is 0 Å². The van der Waals surface area contributed by atoms with E-state index in [-0.39, 0.29) is 11.8 Å². The third-order valence-electron chi connectivity index (χ3n) is 2.80. The molecule has 17 heavy (non-hydrogen) atoms. The molecule has 0 aliphatic heterocycles. The van der Waals surface area contributed by atoms with Gasteiger partial charge in [0.25, 0.3) is 0 Å². The van der Waals surface area contributed by atoms with Gasteiger partial charge in [0.1, 0.15) is 0 Å². The first-order chi connectivity index (χ1) is 8.28. The van der Waals surface area contributed by atoms with E-state index in [2.05, 4.69) is 16.2 Å². The summed E-state index contributed by atoms with van der Waals surface area (Å²) in [6, 6.07) is 9.48. The fraction of sp³-hybridized carbons (Fsp3) is 0.250. The zero-order valence-electron chi connectivity index (χ0n) is 8.80. The molecule has 0 saturated heterocycles. The zero-order valence-corrected chi connectivity index (χ0v) is 9.55. The van der Waals surface area contributed by atoms with Crippen molar-refractivity contribution in [2.45, 2.75) is 12.3 Å². The van der Waals surface area contributed by atoms with Crippen molar-refractivity contribution >= 4 is 11.6 Å². The molecule has 3 rings (SSSR count). The van der Waals surface area contributed by atoms with Crippen LogP contribution in [0, 0.1) is 17.2 Å². The Kier molecular flexibility index (Phi) is 2.34. The van der Waals surface area contributed by atoms with E-state index in [9.17, 15) is 0 Å². The highest BCUT2D eigenvalue weighted by Gasteiger charge is 2.43. The first kappa shape index (κ1) is 10.3. The SMILES string of the molecule is N#CC1CC1c1nc(-c2cccc(Cl)c2)no1. The number of nitriles is 1. The second-order valence-electron chi connectivity index (χ2n) is 4.04. The van der Waals surface area contributed by atoms with Gasteiger partial charge in [-0.3, -0.25) is 0 Å². The maximum atomic E-state index is 8.74. The lowest BCUT2D eigenvalue weighted by Gasteiger charge is -1.93. The summed E-state index contributed by atoms with van der Waals surface area (Å²) >= 11 is 5.89. The van der Waals surface area contributed by atoms with Gasteiger partial charge in [0.15, 0.2) is 0 Å². The van der Waals surface area contributed by atoms with Crippen molar-refractivity contribution in [1.29, 1.82) is 5.26 Å². The lowest BCUT2D eigenvalue weighted by Crippen LogP contribution is -1.83. The lowest BCUT2D eigenvalue weighted by atomic mass is 10.2. The molecule has 4 nitrogen and oxygen atoms in total. The van der Waals surface area contributed by atoms with Crippen LogP contribution in [0.1, 0.15) is 18.2 Å². The van der Waals surface area contributed by atoms with Crippen LogP contribution in [-0.4, -0.2) is 10.1 Å². The number of hydrogen-bond donors (Lipinski definition) is 0. The number of benzene rings is 1. The molecule has 0 N–H and O–H groups in total. The van der Waals surface area contributed by atoms with Gasteiger partial charge in [0, 0.05) is 10.6 Å². The van der Waals surface area contributed by atoms with Gasteiger partial charge >= 0.3 is 0 Å². The number of aromatic nitrogens is 2. The van der Waals surface area contributed by atoms with E-state index >= 15 is 0 Å². The Morgan fingerprint density at radius 2 is 2.35 bits per heavy atom. The topological polar surface area (TPSA) is 62.7 Å². The summed E-state index contributed by atoms with van der Waals surface area (Å²) in [5.74, 6) is 1.21. The molecule has 1 aliphatic carbocycles. The van der Waals surface area contributed by atoms with E-state index in [4.69, 9.17) is 21.4 Å². The number of halogens is 1. The molecule has 2 atom stereocenters. The van der Waals surface area contributed by atoms with Crippen LogP contribution in [0.4, 0.5) is 0 Å². The largest absolute Gasteiger partial charge is 0.339 e. The average molecular weight is 246 g/mol. The Balaban J connectivity index is 1.89. The first-order valence-electron chi connectivity index (χ1n) is 5.27. The maximum absolute atomic E-state index is 8.74. The normalized spacial score (nSPS) is 22.1. The minimum atomic E-state index is 0.0302. The predicted molar refractivity (Wildman–Crippen MR) is 61.2 cm³/mol. The minimum Gasteiger partial charge on any atom is -0.339 e. The molecule has 1 aromatic carbocycles. The molecule has 1 saturated carbocycles. The molecule has 84 valence electrons. The van der Waals surface area contributed by atoms with Gasteiger partial charge in [-0.05, 0) is 18.6 Å². The highest BCUT2D eigenvalue weighted by Crippen LogP contribution is 2.46. The molecule has 0 amide bonds. The second-order valence-corrected chi connectivity index (χ2v) is 4.48. The van der Waals surface area contributed by atoms with Gasteiger partial charge in [0.2, 0.25) is 11.7 Å². The monoisotopic (exact) mass is 245 g/mol.